The van der Waals surface area contributed by atoms with E-state index in [1.807, 2.05) is 27.8 Å². The molecule has 2 heterocycles. The zero-order valence-corrected chi connectivity index (χ0v) is 14.7. The number of aryl methyl sites for hydroxylation is 2. The number of thiazole rings is 1. The molecule has 0 aliphatic carbocycles. The molecule has 6 nitrogen and oxygen atoms in total. The van der Waals surface area contributed by atoms with Gasteiger partial charge in [0, 0.05) is 38.1 Å². The summed E-state index contributed by atoms with van der Waals surface area (Å²) < 4.78 is 5.32. The molecule has 124 valence electrons. The second kappa shape index (κ2) is 7.89. The Kier molecular flexibility index (Phi) is 6.16. The molecule has 2 amide bonds. The molecule has 7 heteroatoms. The number of nitrogens with one attached hydrogen (secondary N) is 1. The molecule has 1 N–H and O–H groups in total. The maximum atomic E-state index is 12.3. The predicted molar refractivity (Wildman–Crippen MR) is 88.4 cm³/mol. The average molecular weight is 326 g/mol. The van der Waals surface area contributed by atoms with Crippen molar-refractivity contribution >= 4 is 17.4 Å². The van der Waals surface area contributed by atoms with Gasteiger partial charge in [-0.05, 0) is 20.8 Å². The molecule has 1 aromatic rings. The van der Waals surface area contributed by atoms with E-state index >= 15 is 0 Å². The van der Waals surface area contributed by atoms with Crippen molar-refractivity contribution in [3.63, 3.8) is 0 Å². The Bertz CT molecular complexity index is 500. The normalized spacial score (nSPS) is 17.3. The van der Waals surface area contributed by atoms with Gasteiger partial charge < -0.3 is 15.0 Å². The topological polar surface area (TPSA) is 57.7 Å². The van der Waals surface area contributed by atoms with Crippen LogP contribution in [0, 0.1) is 13.8 Å². The molecule has 1 aliphatic rings. The molecule has 1 aliphatic heterocycles. The number of hydrogen-bond acceptors (Lipinski definition) is 5. The predicted octanol–water partition coefficient (Wildman–Crippen LogP) is 1.79. The summed E-state index contributed by atoms with van der Waals surface area (Å²) in [5.74, 6) is 0. The Morgan fingerprint density at radius 3 is 2.73 bits per heavy atom. The van der Waals surface area contributed by atoms with Crippen LogP contribution in [-0.4, -0.2) is 67.3 Å². The van der Waals surface area contributed by atoms with E-state index in [-0.39, 0.29) is 12.1 Å². The van der Waals surface area contributed by atoms with Crippen molar-refractivity contribution in [3.8, 4) is 0 Å². The van der Waals surface area contributed by atoms with Gasteiger partial charge in [0.25, 0.3) is 0 Å². The van der Waals surface area contributed by atoms with Gasteiger partial charge in [-0.1, -0.05) is 0 Å². The lowest BCUT2D eigenvalue weighted by molar-refractivity contribution is 0.0386. The van der Waals surface area contributed by atoms with E-state index in [1.54, 1.807) is 16.2 Å². The van der Waals surface area contributed by atoms with Crippen LogP contribution in [0.1, 0.15) is 28.5 Å². The van der Waals surface area contributed by atoms with Crippen LogP contribution in [0.2, 0.25) is 0 Å². The molecule has 0 unspecified atom stereocenters. The van der Waals surface area contributed by atoms with Crippen LogP contribution in [0.15, 0.2) is 0 Å². The molecule has 1 fully saturated rings. The van der Waals surface area contributed by atoms with Crippen molar-refractivity contribution in [2.75, 3.05) is 46.4 Å². The van der Waals surface area contributed by atoms with E-state index in [4.69, 9.17) is 4.74 Å². The number of hydrogen-bond donors (Lipinski definition) is 1. The van der Waals surface area contributed by atoms with Crippen molar-refractivity contribution < 1.29 is 9.53 Å². The summed E-state index contributed by atoms with van der Waals surface area (Å²) in [6, 6.07) is 0.000740. The van der Waals surface area contributed by atoms with Crippen LogP contribution in [-0.2, 0) is 4.74 Å². The van der Waals surface area contributed by atoms with Crippen molar-refractivity contribution in [2.45, 2.75) is 26.8 Å². The van der Waals surface area contributed by atoms with E-state index in [0.717, 1.165) is 48.4 Å². The molecule has 2 rings (SSSR count). The first-order chi connectivity index (χ1) is 10.5. The number of morpholine rings is 1. The number of urea groups is 1. The molecular formula is C15H26N4O2S. The van der Waals surface area contributed by atoms with Gasteiger partial charge in [0.05, 0.1) is 30.0 Å². The summed E-state index contributed by atoms with van der Waals surface area (Å²) in [6.07, 6.45) is 0. The zero-order valence-electron chi connectivity index (χ0n) is 13.9. The first-order valence-electron chi connectivity index (χ1n) is 7.73. The Morgan fingerprint density at radius 1 is 1.45 bits per heavy atom. The molecule has 0 saturated carbocycles. The van der Waals surface area contributed by atoms with E-state index in [2.05, 4.69) is 15.2 Å². The van der Waals surface area contributed by atoms with Crippen molar-refractivity contribution in [3.05, 3.63) is 15.6 Å². The summed E-state index contributed by atoms with van der Waals surface area (Å²) in [7, 11) is 1.84. The van der Waals surface area contributed by atoms with Crippen molar-refractivity contribution in [1.29, 1.82) is 0 Å². The lowest BCUT2D eigenvalue weighted by Crippen LogP contribution is -2.44. The molecule has 1 saturated heterocycles. The van der Waals surface area contributed by atoms with Crippen LogP contribution < -0.4 is 5.32 Å². The van der Waals surface area contributed by atoms with Gasteiger partial charge in [0.2, 0.25) is 0 Å². The average Bonchev–Trinajstić information content (AvgIpc) is 2.85. The number of carbonyl (C=O) groups is 1. The van der Waals surface area contributed by atoms with Gasteiger partial charge in [-0.2, -0.15) is 0 Å². The monoisotopic (exact) mass is 326 g/mol. The number of amides is 2. The summed E-state index contributed by atoms with van der Waals surface area (Å²) in [6.45, 7) is 11.0. The second-order valence-electron chi connectivity index (χ2n) is 5.66. The van der Waals surface area contributed by atoms with Crippen LogP contribution in [0.3, 0.4) is 0 Å². The molecule has 22 heavy (non-hydrogen) atoms. The first-order valence-corrected chi connectivity index (χ1v) is 8.55. The second-order valence-corrected chi connectivity index (χ2v) is 6.89. The van der Waals surface area contributed by atoms with Gasteiger partial charge in [0.1, 0.15) is 0 Å². The summed E-state index contributed by atoms with van der Waals surface area (Å²) in [5, 5.41) is 4.04. The molecule has 0 spiro atoms. The fourth-order valence-corrected chi connectivity index (χ4v) is 3.58. The number of rotatable bonds is 5. The van der Waals surface area contributed by atoms with Crippen LogP contribution in [0.4, 0.5) is 4.79 Å². The third kappa shape index (κ3) is 4.41. The maximum absolute atomic E-state index is 12.3. The van der Waals surface area contributed by atoms with Crippen molar-refractivity contribution in [1.82, 2.24) is 20.1 Å². The smallest absolute Gasteiger partial charge is 0.317 e. The van der Waals surface area contributed by atoms with Gasteiger partial charge in [-0.25, -0.2) is 9.78 Å². The minimum absolute atomic E-state index is 0.0359. The number of nitrogens with zero attached hydrogens (tertiary/aromatic N) is 3. The summed E-state index contributed by atoms with van der Waals surface area (Å²) in [4.78, 5) is 21.9. The van der Waals surface area contributed by atoms with E-state index < -0.39 is 0 Å². The standard InChI is InChI=1S/C15H26N4O2S/c1-11-14(22-13(3)17-11)12(2)18(4)15(20)16-5-6-19-7-9-21-10-8-19/h12H,5-10H2,1-4H3,(H,16,20)/t12-/m1/s1. The third-order valence-corrected chi connectivity index (χ3v) is 5.27. The summed E-state index contributed by atoms with van der Waals surface area (Å²) >= 11 is 1.66. The third-order valence-electron chi connectivity index (χ3n) is 4.03. The Labute approximate surface area is 136 Å². The number of aromatic nitrogens is 1. The molecule has 0 bridgehead atoms. The molecule has 1 atom stereocenters. The van der Waals surface area contributed by atoms with E-state index in [0.29, 0.717) is 6.54 Å². The number of carbonyl (C=O) groups excluding carboxylic acids is 1. The minimum Gasteiger partial charge on any atom is -0.379 e. The van der Waals surface area contributed by atoms with E-state index in [1.165, 1.54) is 0 Å². The zero-order chi connectivity index (χ0) is 16.1. The molecule has 0 radical (unpaired) electrons. The Hall–Kier alpha value is -1.18. The SMILES string of the molecule is Cc1nc(C)c([C@@H](C)N(C)C(=O)NCCN2CCOCC2)s1. The lowest BCUT2D eigenvalue weighted by atomic mass is 10.2. The summed E-state index contributed by atoms with van der Waals surface area (Å²) in [5.41, 5.74) is 1.02. The molecule has 1 aromatic heterocycles. The number of ether oxygens (including phenoxy) is 1. The molecular weight excluding hydrogens is 300 g/mol. The highest BCUT2D eigenvalue weighted by Crippen LogP contribution is 2.28. The van der Waals surface area contributed by atoms with Gasteiger partial charge in [-0.3, -0.25) is 4.90 Å². The van der Waals surface area contributed by atoms with Crippen LogP contribution in [0.5, 0.6) is 0 Å². The van der Waals surface area contributed by atoms with E-state index in [9.17, 15) is 4.79 Å². The highest BCUT2D eigenvalue weighted by Gasteiger charge is 2.21. The molecule has 0 aromatic carbocycles. The van der Waals surface area contributed by atoms with Crippen molar-refractivity contribution in [2.24, 2.45) is 0 Å². The van der Waals surface area contributed by atoms with Gasteiger partial charge >= 0.3 is 6.03 Å². The quantitative estimate of drug-likeness (QED) is 0.896. The van der Waals surface area contributed by atoms with Gasteiger partial charge in [0.15, 0.2) is 0 Å². The fourth-order valence-electron chi connectivity index (χ4n) is 2.56. The fraction of sp³-hybridized carbons (Fsp3) is 0.733. The van der Waals surface area contributed by atoms with Gasteiger partial charge in [-0.15, -0.1) is 11.3 Å². The highest BCUT2D eigenvalue weighted by molar-refractivity contribution is 7.11. The van der Waals surface area contributed by atoms with Crippen LogP contribution >= 0.6 is 11.3 Å². The van der Waals surface area contributed by atoms with Crippen LogP contribution in [0.25, 0.3) is 0 Å². The Morgan fingerprint density at radius 2 is 2.14 bits per heavy atom. The minimum atomic E-state index is -0.0359. The first kappa shape index (κ1) is 17.2. The maximum Gasteiger partial charge on any atom is 0.317 e. The lowest BCUT2D eigenvalue weighted by Gasteiger charge is -2.28. The highest BCUT2D eigenvalue weighted by atomic mass is 32.1. The largest absolute Gasteiger partial charge is 0.379 e. The Balaban J connectivity index is 1.79.